The summed E-state index contributed by atoms with van der Waals surface area (Å²) in [4.78, 5) is 16.4. The number of benzene rings is 2. The number of hydrogen-bond donors (Lipinski definition) is 0. The molecule has 2 aromatic rings. The molecular weight excluding hydrogens is 541 g/mol. The van der Waals surface area contributed by atoms with Crippen LogP contribution in [0.1, 0.15) is 44.7 Å². The first-order valence-corrected chi connectivity index (χ1v) is 16.5. The Hall–Kier alpha value is -1.93. The second-order valence-electron chi connectivity index (χ2n) is 11.5. The molecule has 9 heteroatoms. The van der Waals surface area contributed by atoms with Gasteiger partial charge in [-0.2, -0.15) is 0 Å². The number of carbonyl (C=O) groups is 1. The molecule has 0 saturated carbocycles. The molecule has 1 fully saturated rings. The molecule has 2 aromatic carbocycles. The lowest BCUT2D eigenvalue weighted by atomic mass is 9.70. The van der Waals surface area contributed by atoms with Crippen molar-refractivity contribution < 1.29 is 23.4 Å². The number of nitrogens with zero attached hydrogens (tertiary/aromatic N) is 1. The van der Waals surface area contributed by atoms with Crippen molar-refractivity contribution >= 4 is 38.1 Å². The van der Waals surface area contributed by atoms with Gasteiger partial charge in [-0.1, -0.05) is 50.0 Å². The molecule has 1 aliphatic heterocycles. The van der Waals surface area contributed by atoms with Crippen LogP contribution in [0, 0.1) is 10.8 Å². The summed E-state index contributed by atoms with van der Waals surface area (Å²) >= 11 is 12.6. The van der Waals surface area contributed by atoms with Crippen molar-refractivity contribution in [1.82, 2.24) is 4.90 Å². The van der Waals surface area contributed by atoms with Crippen LogP contribution in [0.5, 0.6) is 17.2 Å². The maximum atomic E-state index is 14.4. The van der Waals surface area contributed by atoms with E-state index in [9.17, 15) is 4.79 Å². The third-order valence-corrected chi connectivity index (χ3v) is 8.60. The molecule has 0 bridgehead atoms. The summed E-state index contributed by atoms with van der Waals surface area (Å²) < 4.78 is 23.2. The number of hydrogen-bond acceptors (Lipinski definition) is 5. The summed E-state index contributed by atoms with van der Waals surface area (Å²) in [7, 11) is 3.31. The fourth-order valence-corrected chi connectivity index (χ4v) is 6.64. The number of rotatable bonds is 11. The quantitative estimate of drug-likeness (QED) is 0.273. The lowest BCUT2D eigenvalue weighted by molar-refractivity contribution is -0.142. The average Bonchev–Trinajstić information content (AvgIpc) is 3.15. The van der Waals surface area contributed by atoms with Crippen LogP contribution in [0.25, 0.3) is 0 Å². The predicted molar refractivity (Wildman–Crippen MR) is 157 cm³/mol. The molecule has 2 unspecified atom stereocenters. The standard InChI is InChI=1S/C29H41Cl2NO5Si/c1-28(2,3)17-25(37-38(7)8)29(16-19-9-10-21(30)22(31)13-19)11-12-32(27(29)33)18-20-14-23(34-4)26(36-6)24(15-20)35-5/h9-10,13-15,25,38H,11-12,16-18H2,1-8H3. The normalized spacial score (nSPS) is 18.7. The maximum Gasteiger partial charge on any atom is 0.232 e. The second kappa shape index (κ2) is 12.5. The van der Waals surface area contributed by atoms with E-state index in [1.165, 1.54) is 0 Å². The van der Waals surface area contributed by atoms with Crippen LogP contribution in [0.15, 0.2) is 30.3 Å². The van der Waals surface area contributed by atoms with Crippen LogP contribution in [0.2, 0.25) is 23.1 Å². The average molecular weight is 583 g/mol. The molecule has 210 valence electrons. The zero-order valence-electron chi connectivity index (χ0n) is 23.8. The second-order valence-corrected chi connectivity index (χ2v) is 14.7. The smallest absolute Gasteiger partial charge is 0.232 e. The largest absolute Gasteiger partial charge is 0.493 e. The van der Waals surface area contributed by atoms with E-state index in [0.717, 1.165) is 17.5 Å². The van der Waals surface area contributed by atoms with E-state index in [4.69, 9.17) is 41.8 Å². The van der Waals surface area contributed by atoms with Gasteiger partial charge < -0.3 is 23.5 Å². The molecule has 3 rings (SSSR count). The van der Waals surface area contributed by atoms with Gasteiger partial charge in [-0.25, -0.2) is 0 Å². The Kier molecular flexibility index (Phi) is 10.1. The van der Waals surface area contributed by atoms with E-state index in [2.05, 4.69) is 33.9 Å². The van der Waals surface area contributed by atoms with E-state index >= 15 is 0 Å². The highest BCUT2D eigenvalue weighted by molar-refractivity contribution is 6.48. The number of ether oxygens (including phenoxy) is 3. The molecule has 1 saturated heterocycles. The van der Waals surface area contributed by atoms with Gasteiger partial charge >= 0.3 is 0 Å². The van der Waals surface area contributed by atoms with Gasteiger partial charge in [0.15, 0.2) is 20.5 Å². The van der Waals surface area contributed by atoms with E-state index in [0.29, 0.717) is 53.2 Å². The molecule has 0 N–H and O–H groups in total. The van der Waals surface area contributed by atoms with Gasteiger partial charge in [0.25, 0.3) is 0 Å². The summed E-state index contributed by atoms with van der Waals surface area (Å²) in [6.45, 7) is 12.0. The molecule has 1 amide bonds. The Morgan fingerprint density at radius 3 is 2.11 bits per heavy atom. The Labute approximate surface area is 239 Å². The van der Waals surface area contributed by atoms with Crippen molar-refractivity contribution in [3.8, 4) is 17.2 Å². The van der Waals surface area contributed by atoms with Gasteiger partial charge in [0.2, 0.25) is 11.7 Å². The van der Waals surface area contributed by atoms with Crippen LogP contribution < -0.4 is 14.2 Å². The fourth-order valence-electron chi connectivity index (χ4n) is 5.30. The summed E-state index contributed by atoms with van der Waals surface area (Å²) in [6, 6.07) is 9.44. The summed E-state index contributed by atoms with van der Waals surface area (Å²) in [5, 5.41) is 0.994. The number of halogens is 2. The highest BCUT2D eigenvalue weighted by Crippen LogP contribution is 2.46. The Balaban J connectivity index is 2.03. The lowest BCUT2D eigenvalue weighted by Crippen LogP contribution is -2.48. The van der Waals surface area contributed by atoms with Crippen molar-refractivity contribution in [2.75, 3.05) is 27.9 Å². The van der Waals surface area contributed by atoms with Gasteiger partial charge in [-0.15, -0.1) is 0 Å². The van der Waals surface area contributed by atoms with Crippen molar-refractivity contribution in [3.63, 3.8) is 0 Å². The molecule has 0 radical (unpaired) electrons. The van der Waals surface area contributed by atoms with Crippen molar-refractivity contribution in [1.29, 1.82) is 0 Å². The number of likely N-dealkylation sites (tertiary alicyclic amines) is 1. The van der Waals surface area contributed by atoms with Gasteiger partial charge in [0.1, 0.15) is 0 Å². The summed E-state index contributed by atoms with van der Waals surface area (Å²) in [5.41, 5.74) is 1.17. The van der Waals surface area contributed by atoms with Crippen LogP contribution in [-0.4, -0.2) is 53.8 Å². The number of methoxy groups -OCH3 is 3. The van der Waals surface area contributed by atoms with Crippen LogP contribution in [-0.2, 0) is 22.2 Å². The minimum atomic E-state index is -1.46. The van der Waals surface area contributed by atoms with E-state index in [1.807, 2.05) is 29.2 Å². The molecular formula is C29H41Cl2NO5Si. The third-order valence-electron chi connectivity index (χ3n) is 6.99. The molecule has 0 spiro atoms. The number of carbonyl (C=O) groups excluding carboxylic acids is 1. The summed E-state index contributed by atoms with van der Waals surface area (Å²) in [5.74, 6) is 1.76. The lowest BCUT2D eigenvalue weighted by Gasteiger charge is -2.40. The van der Waals surface area contributed by atoms with Gasteiger partial charge in [0.05, 0.1) is 42.9 Å². The van der Waals surface area contributed by atoms with Crippen LogP contribution >= 0.6 is 23.2 Å². The summed E-state index contributed by atoms with van der Waals surface area (Å²) in [6.07, 6.45) is 1.80. The topological polar surface area (TPSA) is 57.2 Å². The SMILES string of the molecule is COc1cc(CN2CCC(Cc3ccc(Cl)c(Cl)c3)(C(CC(C)(C)C)O[SiH](C)C)C2=O)cc(OC)c1OC. The van der Waals surface area contributed by atoms with Gasteiger partial charge in [0, 0.05) is 13.1 Å². The van der Waals surface area contributed by atoms with Crippen molar-refractivity contribution in [2.45, 2.75) is 65.8 Å². The third kappa shape index (κ3) is 6.98. The van der Waals surface area contributed by atoms with E-state index in [-0.39, 0.29) is 17.4 Å². The predicted octanol–water partition coefficient (Wildman–Crippen LogP) is 6.79. The number of amides is 1. The fraction of sp³-hybridized carbons (Fsp3) is 0.552. The minimum Gasteiger partial charge on any atom is -0.493 e. The first kappa shape index (κ1) is 30.6. The molecule has 0 aliphatic carbocycles. The van der Waals surface area contributed by atoms with E-state index < -0.39 is 14.5 Å². The Bertz CT molecular complexity index is 1110. The van der Waals surface area contributed by atoms with Gasteiger partial charge in [-0.3, -0.25) is 4.79 Å². The van der Waals surface area contributed by atoms with Crippen LogP contribution in [0.3, 0.4) is 0 Å². The van der Waals surface area contributed by atoms with Crippen molar-refractivity contribution in [3.05, 3.63) is 51.5 Å². The molecule has 6 nitrogen and oxygen atoms in total. The minimum absolute atomic E-state index is 0.0109. The highest BCUT2D eigenvalue weighted by Gasteiger charge is 2.53. The first-order valence-electron chi connectivity index (χ1n) is 13.0. The molecule has 0 aromatic heterocycles. The Morgan fingerprint density at radius 1 is 0.974 bits per heavy atom. The molecule has 1 aliphatic rings. The maximum absolute atomic E-state index is 14.4. The van der Waals surface area contributed by atoms with Crippen molar-refractivity contribution in [2.24, 2.45) is 10.8 Å². The highest BCUT2D eigenvalue weighted by atomic mass is 35.5. The zero-order valence-corrected chi connectivity index (χ0v) is 26.5. The monoisotopic (exact) mass is 581 g/mol. The van der Waals surface area contributed by atoms with Crippen LogP contribution in [0.4, 0.5) is 0 Å². The first-order chi connectivity index (χ1) is 17.8. The van der Waals surface area contributed by atoms with Gasteiger partial charge in [-0.05, 0) is 73.2 Å². The van der Waals surface area contributed by atoms with E-state index in [1.54, 1.807) is 27.4 Å². The Morgan fingerprint density at radius 2 is 1.61 bits per heavy atom. The molecule has 2 atom stereocenters. The zero-order chi connectivity index (χ0) is 28.3. The molecule has 1 heterocycles. The molecule has 38 heavy (non-hydrogen) atoms.